The van der Waals surface area contributed by atoms with Gasteiger partial charge in [-0.2, -0.15) is 0 Å². The fourth-order valence-electron chi connectivity index (χ4n) is 5.10. The van der Waals surface area contributed by atoms with Crippen molar-refractivity contribution in [1.29, 1.82) is 0 Å². The van der Waals surface area contributed by atoms with Crippen LogP contribution in [0, 0.1) is 0 Å². The van der Waals surface area contributed by atoms with E-state index in [-0.39, 0.29) is 98.9 Å². The van der Waals surface area contributed by atoms with Gasteiger partial charge < -0.3 is 14.0 Å². The summed E-state index contributed by atoms with van der Waals surface area (Å²) in [5.41, 5.74) is 1.41. The summed E-state index contributed by atoms with van der Waals surface area (Å²) in [6, 6.07) is 35.6. The van der Waals surface area contributed by atoms with E-state index in [9.17, 15) is 9.90 Å². The summed E-state index contributed by atoms with van der Waals surface area (Å²) in [5.74, 6) is -0.129. The Morgan fingerprint density at radius 1 is 0.627 bits per heavy atom. The van der Waals surface area contributed by atoms with Gasteiger partial charge in [-0.3, -0.25) is 4.79 Å². The van der Waals surface area contributed by atoms with Gasteiger partial charge in [-0.25, -0.2) is 9.97 Å². The number of hydrogen-bond acceptors (Lipinski definition) is 6. The summed E-state index contributed by atoms with van der Waals surface area (Å²) in [6.45, 7) is 33.5. The third kappa shape index (κ3) is 21.2. The number of nitrogens with zero attached hydrogens (tertiary/aromatic N) is 2. The van der Waals surface area contributed by atoms with Crippen LogP contribution in [0.5, 0.6) is 0 Å². The number of aromatic nitrogens is 2. The van der Waals surface area contributed by atoms with Crippen LogP contribution in [0.1, 0.15) is 93.1 Å². The number of benzene rings is 3. The van der Waals surface area contributed by atoms with Gasteiger partial charge in [0.05, 0.1) is 23.3 Å². The van der Waals surface area contributed by atoms with Crippen LogP contribution < -0.4 is 72.4 Å². The third-order valence-corrected chi connectivity index (χ3v) is 29.8. The van der Waals surface area contributed by atoms with Crippen molar-refractivity contribution in [3.63, 3.8) is 0 Å². The first-order valence-corrected chi connectivity index (χ1v) is 33.0. The largest absolute Gasteiger partial charge is 1.00 e. The molecule has 0 unspecified atom stereocenters. The Morgan fingerprint density at radius 3 is 1.21 bits per heavy atom. The Hall–Kier alpha value is -0.610. The van der Waals surface area contributed by atoms with Gasteiger partial charge >= 0.3 is 186 Å². The molecule has 0 aliphatic carbocycles. The van der Waals surface area contributed by atoms with Gasteiger partial charge in [-0.05, 0) is 59.5 Å². The predicted molar refractivity (Wildman–Crippen MR) is 301 cm³/mol. The van der Waals surface area contributed by atoms with Crippen LogP contribution in [0.25, 0.3) is 5.57 Å². The van der Waals surface area contributed by atoms with Gasteiger partial charge in [0.25, 0.3) is 0 Å². The maximum Gasteiger partial charge on any atom is 1.00 e. The molecule has 3 aromatic carbocycles. The average Bonchev–Trinajstić information content (AvgIpc) is 3.21. The molecule has 0 amide bonds. The van der Waals surface area contributed by atoms with Crippen molar-refractivity contribution in [2.45, 2.75) is 119 Å². The first-order valence-electron chi connectivity index (χ1n) is 20.9. The minimum absolute atomic E-state index is 0. The van der Waals surface area contributed by atoms with Gasteiger partial charge in [0.15, 0.2) is 22.4 Å². The van der Waals surface area contributed by atoms with Crippen molar-refractivity contribution in [2.24, 2.45) is 0 Å². The van der Waals surface area contributed by atoms with Crippen molar-refractivity contribution < 1.29 is 70.1 Å². The van der Waals surface area contributed by atoms with Gasteiger partial charge in [-0.1, -0.05) is 130 Å². The van der Waals surface area contributed by atoms with Crippen LogP contribution in [-0.2, 0) is 8.85 Å². The minimum Gasteiger partial charge on any atom is 1.00 e. The molecule has 67 heavy (non-hydrogen) atoms. The summed E-state index contributed by atoms with van der Waals surface area (Å²) in [6.07, 6.45) is 3.09. The molecule has 2 heterocycles. The quantitative estimate of drug-likeness (QED) is 0.0567. The second-order valence-corrected chi connectivity index (χ2v) is 40.5. The van der Waals surface area contributed by atoms with Gasteiger partial charge in [0, 0.05) is 18.0 Å². The number of Topliss-reactive ketones (excluding diaryl/α,β-unsaturated/α-hetero) is 1. The first kappa shape index (κ1) is 68.5. The Morgan fingerprint density at radius 2 is 0.910 bits per heavy atom. The molecule has 0 aliphatic rings. The summed E-state index contributed by atoms with van der Waals surface area (Å²) < 4.78 is 12.0. The van der Waals surface area contributed by atoms with E-state index in [0.29, 0.717) is 22.3 Å². The van der Waals surface area contributed by atoms with Crippen LogP contribution in [0.3, 0.4) is 0 Å². The van der Waals surface area contributed by atoms with E-state index in [1.807, 2.05) is 0 Å². The fraction of sp³-hybridized carbons (Fsp3) is 0.404. The summed E-state index contributed by atoms with van der Waals surface area (Å²) in [5, 5.41) is 13.1. The first-order chi connectivity index (χ1) is 29.2. The van der Waals surface area contributed by atoms with Crippen molar-refractivity contribution in [1.82, 2.24) is 9.97 Å². The average molecular weight is 1140 g/mol. The van der Waals surface area contributed by atoms with Gasteiger partial charge in [-0.15, -0.1) is 5.60 Å². The monoisotopic (exact) mass is 1140 g/mol. The maximum absolute atomic E-state index is 12.0. The van der Waals surface area contributed by atoms with E-state index in [0.717, 1.165) is 11.1 Å². The molecule has 0 saturated carbocycles. The topological polar surface area (TPSA) is 84.4 Å². The molecule has 366 valence electrons. The van der Waals surface area contributed by atoms with Crippen molar-refractivity contribution in [2.75, 3.05) is 19.9 Å². The molecular weight excluding hydrogens is 1060 g/mol. The van der Waals surface area contributed by atoms with Crippen LogP contribution in [0.15, 0.2) is 122 Å². The second-order valence-electron chi connectivity index (χ2n) is 19.7. The number of pyridine rings is 2. The van der Waals surface area contributed by atoms with Crippen molar-refractivity contribution >= 4 is 111 Å². The molecule has 0 spiro atoms. The van der Waals surface area contributed by atoms with Crippen LogP contribution >= 0.6 is 67.2 Å². The molecule has 5 rings (SSSR count). The number of carbonyl (C=O) groups is 1. The molecule has 0 aliphatic heterocycles. The minimum atomic E-state index is -2.56. The SMILES string of the molecule is C.C.C=C(CO[Si](C)(C)C(C)(C)C)c1cnc(Cl)c(Cl)c1.CC(C)(C)[O-].CC(C)(C)[Si](C)(C)OCC(=O)c1cnc(Cl)c(Cl)c1.CP(Br)(c1ccccc1)(c1ccccc1)c1ccccc1.[K+]. The molecule has 0 N–H and O–H groups in total. The molecule has 0 atom stereocenters. The Labute approximate surface area is 478 Å². The zero-order chi connectivity index (χ0) is 49.0. The van der Waals surface area contributed by atoms with E-state index in [1.54, 1.807) is 33.0 Å². The molecule has 0 radical (unpaired) electrons. The number of rotatable bonds is 11. The van der Waals surface area contributed by atoms with E-state index < -0.39 is 27.5 Å². The molecule has 0 saturated heterocycles. The zero-order valence-electron chi connectivity index (χ0n) is 41.0. The van der Waals surface area contributed by atoms with E-state index in [4.69, 9.17) is 55.3 Å². The van der Waals surface area contributed by atoms with E-state index in [1.165, 1.54) is 28.2 Å². The third-order valence-electron chi connectivity index (χ3n) is 11.2. The maximum atomic E-state index is 12.0. The summed E-state index contributed by atoms with van der Waals surface area (Å²) >= 11 is 27.6. The molecule has 0 fully saturated rings. The van der Waals surface area contributed by atoms with Gasteiger partial charge in [0.1, 0.15) is 10.3 Å². The Kier molecular flexibility index (Phi) is 29.2. The van der Waals surface area contributed by atoms with Crippen LogP contribution in [-0.4, -0.2) is 57.9 Å². The smallest absolute Gasteiger partial charge is 1.00 e. The number of ketones is 1. The molecular formula is C52H75BrCl4KN2O4PSi2. The Balaban J connectivity index is 0. The summed E-state index contributed by atoms with van der Waals surface area (Å²) in [7, 11) is -3.69. The van der Waals surface area contributed by atoms with Crippen LogP contribution in [0.4, 0.5) is 0 Å². The molecule has 5 aromatic rings. The van der Waals surface area contributed by atoms with Crippen molar-refractivity contribution in [3.8, 4) is 0 Å². The van der Waals surface area contributed by atoms with Gasteiger partial charge in [0.2, 0.25) is 0 Å². The zero-order valence-corrected chi connectivity index (χ0v) is 51.6. The molecule has 6 nitrogen and oxygen atoms in total. The Bertz CT molecular complexity index is 2090. The fourth-order valence-corrected chi connectivity index (χ4v) is 13.2. The second kappa shape index (κ2) is 28.6. The molecule has 2 aromatic heterocycles. The standard InChI is InChI=1S/C19H18BrP.C14H21Cl2NOSi.C13H19Cl2NO2Si.C4H9O.2CH4.K/c1-21(20,17-11-5-2-6-12-17,18-13-7-3-8-14-18)19-15-9-4-10-16-19;1-10(9-18-19(5,6)14(2,3)4)11-7-12(15)13(16)17-8-11;1-13(2,3)19(4,5)18-8-11(17)9-6-10(14)12(15)16-7-9;1-4(2,3)5;;;/h2-16H,1H3;7-8H,1,9H2,2-6H3;6-7H,8H2,1-5H3;1-3H3;2*1H4;/q;;;-1;;;+1. The van der Waals surface area contributed by atoms with Crippen molar-refractivity contribution in [3.05, 3.63) is 154 Å². The van der Waals surface area contributed by atoms with E-state index >= 15 is 0 Å². The van der Waals surface area contributed by atoms with E-state index in [2.05, 4.69) is 197 Å². The number of hydrogen-bond donors (Lipinski definition) is 0. The number of carbonyl (C=O) groups excluding carboxylic acids is 1. The summed E-state index contributed by atoms with van der Waals surface area (Å²) in [4.78, 5) is 19.9. The molecule has 15 heteroatoms. The predicted octanol–water partition coefficient (Wildman–Crippen LogP) is 12.9. The normalized spacial score (nSPS) is 12.2. The number of halogens is 5. The molecule has 0 bridgehead atoms. The van der Waals surface area contributed by atoms with Crippen LogP contribution in [0.2, 0.25) is 56.6 Å².